The molecule has 0 radical (unpaired) electrons. The van der Waals surface area contributed by atoms with Gasteiger partial charge in [0.1, 0.15) is 5.25 Å². The van der Waals surface area contributed by atoms with E-state index in [9.17, 15) is 4.79 Å². The summed E-state index contributed by atoms with van der Waals surface area (Å²) >= 11 is 1.61. The molecule has 18 heavy (non-hydrogen) atoms. The van der Waals surface area contributed by atoms with E-state index in [0.29, 0.717) is 0 Å². The van der Waals surface area contributed by atoms with Crippen LogP contribution in [-0.4, -0.2) is 18.3 Å². The van der Waals surface area contributed by atoms with Gasteiger partial charge in [-0.25, -0.2) is 0 Å². The van der Waals surface area contributed by atoms with Crippen molar-refractivity contribution in [3.8, 4) is 0 Å². The molecule has 0 fully saturated rings. The van der Waals surface area contributed by atoms with Gasteiger partial charge in [-0.05, 0) is 43.5 Å². The van der Waals surface area contributed by atoms with Gasteiger partial charge in [-0.2, -0.15) is 0 Å². The Morgan fingerprint density at radius 3 is 2.61 bits per heavy atom. The Morgan fingerprint density at radius 2 is 2.06 bits per heavy atom. The summed E-state index contributed by atoms with van der Waals surface area (Å²) in [5, 5.41) is -0.0861. The molecule has 0 saturated carbocycles. The minimum Gasteiger partial charge on any atom is -0.468 e. The Kier molecular flexibility index (Phi) is 6.27. The Bertz CT molecular complexity index is 401. The summed E-state index contributed by atoms with van der Waals surface area (Å²) in [6.07, 6.45) is 3.03. The fourth-order valence-corrected chi connectivity index (χ4v) is 2.89. The van der Waals surface area contributed by atoms with Crippen molar-refractivity contribution in [2.75, 3.05) is 7.11 Å². The highest BCUT2D eigenvalue weighted by molar-refractivity contribution is 8.00. The molecule has 0 bridgehead atoms. The van der Waals surface area contributed by atoms with E-state index >= 15 is 0 Å². The highest BCUT2D eigenvalue weighted by atomic mass is 32.2. The first-order valence-corrected chi connectivity index (χ1v) is 7.28. The highest BCUT2D eigenvalue weighted by Crippen LogP contribution is 2.29. The third-order valence-electron chi connectivity index (χ3n) is 3.04. The number of ether oxygens (including phenoxy) is 1. The summed E-state index contributed by atoms with van der Waals surface area (Å²) in [6.45, 7) is 6.33. The van der Waals surface area contributed by atoms with E-state index in [1.165, 1.54) is 18.2 Å². The van der Waals surface area contributed by atoms with Gasteiger partial charge in [0.2, 0.25) is 0 Å². The van der Waals surface area contributed by atoms with Crippen LogP contribution in [0, 0.1) is 13.8 Å². The van der Waals surface area contributed by atoms with Crippen molar-refractivity contribution in [1.82, 2.24) is 0 Å². The van der Waals surface area contributed by atoms with Crippen LogP contribution in [-0.2, 0) is 9.53 Å². The Labute approximate surface area is 114 Å². The fourth-order valence-electron chi connectivity index (χ4n) is 1.70. The third-order valence-corrected chi connectivity index (χ3v) is 4.28. The molecule has 1 atom stereocenters. The van der Waals surface area contributed by atoms with Crippen LogP contribution in [0.2, 0.25) is 0 Å². The molecule has 0 aliphatic carbocycles. The molecule has 0 aliphatic heterocycles. The van der Waals surface area contributed by atoms with Gasteiger partial charge < -0.3 is 4.74 Å². The quantitative estimate of drug-likeness (QED) is 0.572. The molecule has 0 aromatic heterocycles. The Hall–Kier alpha value is -0.960. The van der Waals surface area contributed by atoms with Crippen LogP contribution in [0.3, 0.4) is 0 Å². The van der Waals surface area contributed by atoms with E-state index in [1.54, 1.807) is 11.8 Å². The number of methoxy groups -OCH3 is 1. The van der Waals surface area contributed by atoms with Gasteiger partial charge in [-0.3, -0.25) is 4.79 Å². The zero-order chi connectivity index (χ0) is 13.5. The number of unbranched alkanes of at least 4 members (excludes halogenated alkanes) is 1. The predicted octanol–water partition coefficient (Wildman–Crippen LogP) is 4.13. The first kappa shape index (κ1) is 15.1. The molecule has 3 heteroatoms. The Morgan fingerprint density at radius 1 is 1.33 bits per heavy atom. The van der Waals surface area contributed by atoms with Gasteiger partial charge in [0.25, 0.3) is 0 Å². The van der Waals surface area contributed by atoms with Crippen LogP contribution in [0.4, 0.5) is 0 Å². The maximum Gasteiger partial charge on any atom is 0.319 e. The van der Waals surface area contributed by atoms with Crippen molar-refractivity contribution in [1.29, 1.82) is 0 Å². The van der Waals surface area contributed by atoms with Crippen molar-refractivity contribution < 1.29 is 9.53 Å². The lowest BCUT2D eigenvalue weighted by atomic mass is 10.1. The van der Waals surface area contributed by atoms with E-state index in [-0.39, 0.29) is 11.2 Å². The van der Waals surface area contributed by atoms with E-state index in [4.69, 9.17) is 4.74 Å². The number of rotatable bonds is 6. The van der Waals surface area contributed by atoms with E-state index in [0.717, 1.165) is 24.2 Å². The number of carbonyl (C=O) groups excluding carboxylic acids is 1. The van der Waals surface area contributed by atoms with Crippen molar-refractivity contribution in [3.63, 3.8) is 0 Å². The monoisotopic (exact) mass is 266 g/mol. The SMILES string of the molecule is CCCCC(Sc1ccc(C)c(C)c1)C(=O)OC. The maximum absolute atomic E-state index is 11.7. The van der Waals surface area contributed by atoms with Crippen LogP contribution in [0.15, 0.2) is 23.1 Å². The average Bonchev–Trinajstić information content (AvgIpc) is 2.37. The van der Waals surface area contributed by atoms with Gasteiger partial charge in [-0.1, -0.05) is 25.8 Å². The summed E-state index contributed by atoms with van der Waals surface area (Å²) < 4.78 is 4.88. The molecular formula is C15H22O2S. The summed E-state index contributed by atoms with van der Waals surface area (Å²) in [4.78, 5) is 12.9. The van der Waals surface area contributed by atoms with Crippen LogP contribution in [0.5, 0.6) is 0 Å². The maximum atomic E-state index is 11.7. The molecule has 2 nitrogen and oxygen atoms in total. The largest absolute Gasteiger partial charge is 0.468 e. The summed E-state index contributed by atoms with van der Waals surface area (Å²) in [6, 6.07) is 6.32. The molecule has 1 rings (SSSR count). The molecule has 0 aliphatic rings. The molecule has 100 valence electrons. The average molecular weight is 266 g/mol. The number of hydrogen-bond donors (Lipinski definition) is 0. The van der Waals surface area contributed by atoms with Gasteiger partial charge >= 0.3 is 5.97 Å². The molecule has 1 unspecified atom stereocenters. The first-order chi connectivity index (χ1) is 8.58. The summed E-state index contributed by atoms with van der Waals surface area (Å²) in [5.74, 6) is -0.119. The van der Waals surface area contributed by atoms with Crippen LogP contribution in [0.1, 0.15) is 37.3 Å². The van der Waals surface area contributed by atoms with Gasteiger partial charge in [0.15, 0.2) is 0 Å². The third kappa shape index (κ3) is 4.37. The number of carbonyl (C=O) groups is 1. The topological polar surface area (TPSA) is 26.3 Å². The van der Waals surface area contributed by atoms with E-state index in [2.05, 4.69) is 39.0 Å². The second kappa shape index (κ2) is 7.47. The second-order valence-corrected chi connectivity index (χ2v) is 5.79. The van der Waals surface area contributed by atoms with Crippen molar-refractivity contribution >= 4 is 17.7 Å². The molecule has 0 heterocycles. The van der Waals surface area contributed by atoms with E-state index in [1.807, 2.05) is 0 Å². The molecule has 1 aromatic carbocycles. The fraction of sp³-hybridized carbons (Fsp3) is 0.533. The Balaban J connectivity index is 2.75. The van der Waals surface area contributed by atoms with Gasteiger partial charge in [0, 0.05) is 4.90 Å². The van der Waals surface area contributed by atoms with Crippen molar-refractivity contribution in [2.24, 2.45) is 0 Å². The number of benzene rings is 1. The lowest BCUT2D eigenvalue weighted by Crippen LogP contribution is -2.18. The highest BCUT2D eigenvalue weighted by Gasteiger charge is 2.19. The zero-order valence-corrected chi connectivity index (χ0v) is 12.5. The molecule has 0 saturated heterocycles. The number of hydrogen-bond acceptors (Lipinski definition) is 3. The molecule has 0 amide bonds. The normalized spacial score (nSPS) is 12.2. The van der Waals surface area contributed by atoms with Crippen LogP contribution in [0.25, 0.3) is 0 Å². The number of esters is 1. The molecule has 0 N–H and O–H groups in total. The number of aryl methyl sites for hydroxylation is 2. The van der Waals surface area contributed by atoms with Gasteiger partial charge in [0.05, 0.1) is 7.11 Å². The summed E-state index contributed by atoms with van der Waals surface area (Å²) in [7, 11) is 1.46. The lowest BCUT2D eigenvalue weighted by molar-refractivity contribution is -0.140. The van der Waals surface area contributed by atoms with Gasteiger partial charge in [-0.15, -0.1) is 11.8 Å². The van der Waals surface area contributed by atoms with Crippen LogP contribution >= 0.6 is 11.8 Å². The van der Waals surface area contributed by atoms with Crippen molar-refractivity contribution in [2.45, 2.75) is 50.2 Å². The van der Waals surface area contributed by atoms with Crippen molar-refractivity contribution in [3.05, 3.63) is 29.3 Å². The molecule has 0 spiro atoms. The number of thioether (sulfide) groups is 1. The molecule has 1 aromatic rings. The van der Waals surface area contributed by atoms with Crippen LogP contribution < -0.4 is 0 Å². The zero-order valence-electron chi connectivity index (χ0n) is 11.7. The first-order valence-electron chi connectivity index (χ1n) is 6.40. The summed E-state index contributed by atoms with van der Waals surface area (Å²) in [5.41, 5.74) is 2.54. The molecular weight excluding hydrogens is 244 g/mol. The van der Waals surface area contributed by atoms with E-state index < -0.39 is 0 Å². The smallest absolute Gasteiger partial charge is 0.319 e. The lowest BCUT2D eigenvalue weighted by Gasteiger charge is -2.14. The standard InChI is InChI=1S/C15H22O2S/c1-5-6-7-14(15(16)17-4)18-13-9-8-11(2)12(3)10-13/h8-10,14H,5-7H2,1-4H3. The minimum absolute atomic E-state index is 0.0861. The predicted molar refractivity (Wildman–Crippen MR) is 77.1 cm³/mol. The minimum atomic E-state index is -0.119. The second-order valence-electron chi connectivity index (χ2n) is 4.52.